The summed E-state index contributed by atoms with van der Waals surface area (Å²) in [7, 11) is 0. The highest BCUT2D eigenvalue weighted by Crippen LogP contribution is 2.53. The van der Waals surface area contributed by atoms with Gasteiger partial charge in [0.1, 0.15) is 11.5 Å². The highest BCUT2D eigenvalue weighted by atomic mass is 16.5. The van der Waals surface area contributed by atoms with Crippen molar-refractivity contribution in [3.63, 3.8) is 0 Å². The molecule has 1 heterocycles. The largest absolute Gasteiger partial charge is 0.455 e. The van der Waals surface area contributed by atoms with E-state index < -0.39 is 0 Å². The molecular weight excluding hydrogens is 569 g/mol. The van der Waals surface area contributed by atoms with Gasteiger partial charge in [-0.05, 0) is 77.7 Å². The van der Waals surface area contributed by atoms with Crippen LogP contribution in [0.15, 0.2) is 170 Å². The van der Waals surface area contributed by atoms with Gasteiger partial charge in [0.05, 0.1) is 0 Å². The highest BCUT2D eigenvalue weighted by molar-refractivity contribution is 6.22. The number of hydrogen-bond acceptors (Lipinski definition) is 1. The molecular formula is C46H28O. The van der Waals surface area contributed by atoms with Crippen molar-refractivity contribution < 1.29 is 4.74 Å². The molecule has 1 nitrogen and oxygen atoms in total. The van der Waals surface area contributed by atoms with Crippen LogP contribution in [0.4, 0.5) is 0 Å². The number of rotatable bonds is 3. The van der Waals surface area contributed by atoms with Gasteiger partial charge in [0.25, 0.3) is 0 Å². The summed E-state index contributed by atoms with van der Waals surface area (Å²) in [4.78, 5) is 0. The lowest BCUT2D eigenvalue weighted by Gasteiger charge is -2.25. The highest BCUT2D eigenvalue weighted by Gasteiger charge is 2.25. The lowest BCUT2D eigenvalue weighted by molar-refractivity contribution is 0.489. The first kappa shape index (κ1) is 26.1. The number of para-hydroxylation sites is 1. The first-order valence-electron chi connectivity index (χ1n) is 16.2. The maximum Gasteiger partial charge on any atom is 0.143 e. The molecule has 9 aromatic rings. The van der Waals surface area contributed by atoms with Crippen molar-refractivity contribution in [2.24, 2.45) is 0 Å². The van der Waals surface area contributed by atoms with Gasteiger partial charge in [-0.3, -0.25) is 0 Å². The summed E-state index contributed by atoms with van der Waals surface area (Å²) < 4.78 is 6.83. The van der Waals surface area contributed by atoms with E-state index in [1.807, 2.05) is 0 Å². The van der Waals surface area contributed by atoms with Crippen molar-refractivity contribution in [3.8, 4) is 56.0 Å². The molecule has 47 heavy (non-hydrogen) atoms. The fraction of sp³-hybridized carbons (Fsp3) is 0. The Labute approximate surface area is 272 Å². The molecule has 0 fully saturated rings. The number of fused-ring (bicyclic) bond motifs is 5. The van der Waals surface area contributed by atoms with Gasteiger partial charge >= 0.3 is 0 Å². The molecule has 1 heteroatoms. The summed E-state index contributed by atoms with van der Waals surface area (Å²) in [6, 6.07) is 61.5. The number of hydrogen-bond donors (Lipinski definition) is 0. The van der Waals surface area contributed by atoms with Gasteiger partial charge in [-0.25, -0.2) is 0 Å². The van der Waals surface area contributed by atoms with Crippen LogP contribution in [0.2, 0.25) is 0 Å². The summed E-state index contributed by atoms with van der Waals surface area (Å²) in [6.45, 7) is 0. The Hall–Kier alpha value is -6.18. The van der Waals surface area contributed by atoms with Crippen molar-refractivity contribution in [1.82, 2.24) is 0 Å². The van der Waals surface area contributed by atoms with E-state index in [9.17, 15) is 0 Å². The van der Waals surface area contributed by atoms with E-state index in [-0.39, 0.29) is 0 Å². The van der Waals surface area contributed by atoms with Gasteiger partial charge in [-0.2, -0.15) is 0 Å². The molecule has 0 spiro atoms. The van der Waals surface area contributed by atoms with Gasteiger partial charge in [0.2, 0.25) is 0 Å². The lowest BCUT2D eigenvalue weighted by Crippen LogP contribution is -2.00. The second-order valence-electron chi connectivity index (χ2n) is 12.4. The standard InChI is InChI=1S/C46H28O/c1-2-11-33-28-34(27-24-29(33)10-1)30-22-25-32(26-23-30)43-35-14-3-5-16-37(35)45(38-17-6-4-15-36(38)43)41-20-9-19-40-39-18-7-12-31-13-8-21-42(44(31)39)47-46(40)41/h1-28H. The van der Waals surface area contributed by atoms with Gasteiger partial charge in [-0.15, -0.1) is 0 Å². The minimum absolute atomic E-state index is 0.912. The lowest BCUT2D eigenvalue weighted by atomic mass is 9.84. The van der Waals surface area contributed by atoms with Crippen LogP contribution in [0.25, 0.3) is 87.6 Å². The molecule has 0 radical (unpaired) electrons. The van der Waals surface area contributed by atoms with E-state index >= 15 is 0 Å². The Morgan fingerprint density at radius 2 is 0.851 bits per heavy atom. The molecule has 0 unspecified atom stereocenters. The minimum atomic E-state index is 0.912. The third kappa shape index (κ3) is 3.97. The summed E-state index contributed by atoms with van der Waals surface area (Å²) >= 11 is 0. The van der Waals surface area contributed by atoms with Crippen LogP contribution in [-0.2, 0) is 0 Å². The van der Waals surface area contributed by atoms with Crippen LogP contribution >= 0.6 is 0 Å². The monoisotopic (exact) mass is 596 g/mol. The Morgan fingerprint density at radius 1 is 0.319 bits per heavy atom. The van der Waals surface area contributed by atoms with Crippen LogP contribution in [0, 0.1) is 0 Å². The predicted octanol–water partition coefficient (Wildman–Crippen LogP) is 13.1. The zero-order valence-electron chi connectivity index (χ0n) is 25.6. The van der Waals surface area contributed by atoms with Crippen molar-refractivity contribution in [2.45, 2.75) is 0 Å². The Bertz CT molecular complexity index is 2640. The zero-order chi connectivity index (χ0) is 30.9. The van der Waals surface area contributed by atoms with Crippen LogP contribution in [0.5, 0.6) is 11.5 Å². The van der Waals surface area contributed by atoms with Crippen LogP contribution in [0.3, 0.4) is 0 Å². The molecule has 0 aromatic heterocycles. The Kier molecular flexibility index (Phi) is 5.64. The van der Waals surface area contributed by atoms with Gasteiger partial charge < -0.3 is 4.74 Å². The second kappa shape index (κ2) is 10.2. The summed E-state index contributed by atoms with van der Waals surface area (Å²) in [5.41, 5.74) is 9.58. The van der Waals surface area contributed by atoms with E-state index in [0.29, 0.717) is 0 Å². The second-order valence-corrected chi connectivity index (χ2v) is 12.4. The summed E-state index contributed by atoms with van der Waals surface area (Å²) in [5.74, 6) is 1.83. The SMILES string of the molecule is c1cc(-c2c3ccccc3c(-c3ccc(-c4ccc5ccccc5c4)cc3)c3ccccc23)c2c(c1)-c1cccc3cccc(c13)O2. The fourth-order valence-corrected chi connectivity index (χ4v) is 7.71. The van der Waals surface area contributed by atoms with E-state index in [1.54, 1.807) is 0 Å². The molecule has 9 aromatic carbocycles. The molecule has 218 valence electrons. The van der Waals surface area contributed by atoms with Crippen molar-refractivity contribution in [2.75, 3.05) is 0 Å². The zero-order valence-corrected chi connectivity index (χ0v) is 25.6. The quantitative estimate of drug-likeness (QED) is 0.184. The van der Waals surface area contributed by atoms with Gasteiger partial charge in [-0.1, -0.05) is 158 Å². The first-order valence-corrected chi connectivity index (χ1v) is 16.2. The van der Waals surface area contributed by atoms with Crippen molar-refractivity contribution >= 4 is 43.1 Å². The Morgan fingerprint density at radius 3 is 1.60 bits per heavy atom. The normalized spacial score (nSPS) is 12.0. The third-order valence-corrected chi connectivity index (χ3v) is 9.84. The van der Waals surface area contributed by atoms with E-state index in [0.717, 1.165) is 22.6 Å². The van der Waals surface area contributed by atoms with Crippen LogP contribution in [-0.4, -0.2) is 0 Å². The molecule has 0 bridgehead atoms. The van der Waals surface area contributed by atoms with Gasteiger partial charge in [0, 0.05) is 22.1 Å². The molecule has 0 saturated heterocycles. The molecule has 0 saturated carbocycles. The van der Waals surface area contributed by atoms with E-state index in [4.69, 9.17) is 4.74 Å². The predicted molar refractivity (Wildman–Crippen MR) is 198 cm³/mol. The van der Waals surface area contributed by atoms with E-state index in [1.165, 1.54) is 76.5 Å². The van der Waals surface area contributed by atoms with Crippen LogP contribution < -0.4 is 4.74 Å². The van der Waals surface area contributed by atoms with Crippen LogP contribution in [0.1, 0.15) is 0 Å². The number of ether oxygens (including phenoxy) is 1. The third-order valence-electron chi connectivity index (χ3n) is 9.84. The first-order chi connectivity index (χ1) is 23.3. The summed E-state index contributed by atoms with van der Waals surface area (Å²) in [6.07, 6.45) is 0. The Balaban J connectivity index is 1.19. The molecule has 0 atom stereocenters. The molecule has 1 aliphatic rings. The topological polar surface area (TPSA) is 9.23 Å². The fourth-order valence-electron chi connectivity index (χ4n) is 7.71. The van der Waals surface area contributed by atoms with Gasteiger partial charge in [0.15, 0.2) is 0 Å². The van der Waals surface area contributed by atoms with Crippen molar-refractivity contribution in [1.29, 1.82) is 0 Å². The average Bonchev–Trinajstić information content (AvgIpc) is 3.14. The minimum Gasteiger partial charge on any atom is -0.455 e. The average molecular weight is 597 g/mol. The molecule has 0 aliphatic carbocycles. The maximum atomic E-state index is 6.83. The smallest absolute Gasteiger partial charge is 0.143 e. The summed E-state index contributed by atoms with van der Waals surface area (Å²) in [5, 5.41) is 9.79. The molecule has 0 N–H and O–H groups in total. The van der Waals surface area contributed by atoms with Crippen molar-refractivity contribution in [3.05, 3.63) is 170 Å². The van der Waals surface area contributed by atoms with E-state index in [2.05, 4.69) is 170 Å². The molecule has 0 amide bonds. The molecule has 10 rings (SSSR count). The molecule has 1 aliphatic heterocycles. The number of benzene rings is 9. The maximum absolute atomic E-state index is 6.83.